The number of carbonyl (C=O) groups excluding carboxylic acids is 1. The van der Waals surface area contributed by atoms with E-state index >= 15 is 0 Å². The summed E-state index contributed by atoms with van der Waals surface area (Å²) >= 11 is 1.78. The fraction of sp³-hybridized carbons (Fsp3) is 0.643. The fourth-order valence-corrected chi connectivity index (χ4v) is 2.88. The van der Waals surface area contributed by atoms with Gasteiger partial charge in [0.25, 0.3) is 0 Å². The van der Waals surface area contributed by atoms with Gasteiger partial charge in [-0.1, -0.05) is 6.92 Å². The van der Waals surface area contributed by atoms with Gasteiger partial charge in [0.1, 0.15) is 0 Å². The van der Waals surface area contributed by atoms with E-state index < -0.39 is 0 Å². The second-order valence-corrected chi connectivity index (χ2v) is 6.31. The molecule has 3 nitrogen and oxygen atoms in total. The molecule has 0 aliphatic rings. The van der Waals surface area contributed by atoms with Gasteiger partial charge in [0.2, 0.25) is 5.91 Å². The molecule has 0 aromatic carbocycles. The summed E-state index contributed by atoms with van der Waals surface area (Å²) in [4.78, 5) is 14.4. The lowest BCUT2D eigenvalue weighted by atomic mass is 10.1. The number of rotatable bonds is 6. The van der Waals surface area contributed by atoms with Gasteiger partial charge in [-0.3, -0.25) is 4.79 Å². The minimum atomic E-state index is 0.0612. The van der Waals surface area contributed by atoms with Gasteiger partial charge < -0.3 is 10.6 Å². The zero-order chi connectivity index (χ0) is 13.7. The maximum absolute atomic E-state index is 11.8. The number of hydrogen-bond acceptors (Lipinski definition) is 3. The number of carbonyl (C=O) groups is 1. The molecule has 1 rings (SSSR count). The number of hydrogen-bond donors (Lipinski definition) is 2. The van der Waals surface area contributed by atoms with Crippen LogP contribution >= 0.6 is 11.3 Å². The SMILES string of the molecule is CCC(C)NCC(=O)NC(C)c1cc(C)sc1C. The Kier molecular flexibility index (Phi) is 5.82. The topological polar surface area (TPSA) is 41.1 Å². The second kappa shape index (κ2) is 6.90. The molecule has 0 aliphatic heterocycles. The molecule has 2 unspecified atom stereocenters. The number of amides is 1. The van der Waals surface area contributed by atoms with Crippen LogP contribution in [-0.2, 0) is 4.79 Å². The summed E-state index contributed by atoms with van der Waals surface area (Å²) in [6.45, 7) is 10.8. The highest BCUT2D eigenvalue weighted by atomic mass is 32.1. The molecule has 4 heteroatoms. The van der Waals surface area contributed by atoms with Crippen LogP contribution in [0.15, 0.2) is 6.07 Å². The van der Waals surface area contributed by atoms with Crippen molar-refractivity contribution in [2.75, 3.05) is 6.54 Å². The molecular formula is C14H24N2OS. The number of thiophene rings is 1. The van der Waals surface area contributed by atoms with Crippen molar-refractivity contribution in [3.8, 4) is 0 Å². The third-order valence-electron chi connectivity index (χ3n) is 3.15. The first-order chi connectivity index (χ1) is 8.43. The van der Waals surface area contributed by atoms with Crippen LogP contribution in [0.4, 0.5) is 0 Å². The zero-order valence-corrected chi connectivity index (χ0v) is 12.8. The quantitative estimate of drug-likeness (QED) is 0.833. The lowest BCUT2D eigenvalue weighted by Crippen LogP contribution is -2.38. The summed E-state index contributed by atoms with van der Waals surface area (Å²) in [5, 5.41) is 6.23. The predicted molar refractivity (Wildman–Crippen MR) is 78.1 cm³/mol. The molecule has 0 saturated carbocycles. The fourth-order valence-electron chi connectivity index (χ4n) is 1.86. The standard InChI is InChI=1S/C14H24N2OS/c1-6-9(2)15-8-14(17)16-11(4)13-7-10(3)18-12(13)5/h7,9,11,15H,6,8H2,1-5H3,(H,16,17). The van der Waals surface area contributed by atoms with Crippen LogP contribution in [0, 0.1) is 13.8 Å². The van der Waals surface area contributed by atoms with Crippen LogP contribution in [0.1, 0.15) is 48.6 Å². The largest absolute Gasteiger partial charge is 0.348 e. The Labute approximate surface area is 114 Å². The lowest BCUT2D eigenvalue weighted by molar-refractivity contribution is -0.121. The number of nitrogens with one attached hydrogen (secondary N) is 2. The average Bonchev–Trinajstić information content (AvgIpc) is 2.65. The van der Waals surface area contributed by atoms with E-state index in [0.29, 0.717) is 12.6 Å². The van der Waals surface area contributed by atoms with Gasteiger partial charge >= 0.3 is 0 Å². The van der Waals surface area contributed by atoms with Crippen molar-refractivity contribution in [2.24, 2.45) is 0 Å². The van der Waals surface area contributed by atoms with Crippen molar-refractivity contribution < 1.29 is 4.79 Å². The molecule has 0 aliphatic carbocycles. The summed E-state index contributed by atoms with van der Waals surface area (Å²) in [5.74, 6) is 0.0612. The molecule has 0 fully saturated rings. The molecule has 0 spiro atoms. The van der Waals surface area contributed by atoms with Crippen molar-refractivity contribution in [1.29, 1.82) is 0 Å². The van der Waals surface area contributed by atoms with E-state index in [1.165, 1.54) is 15.3 Å². The van der Waals surface area contributed by atoms with Crippen LogP contribution in [0.5, 0.6) is 0 Å². The van der Waals surface area contributed by atoms with Crippen molar-refractivity contribution in [3.05, 3.63) is 21.4 Å². The third-order valence-corrected chi connectivity index (χ3v) is 4.13. The highest BCUT2D eigenvalue weighted by Gasteiger charge is 2.13. The Balaban J connectivity index is 2.47. The molecule has 2 N–H and O–H groups in total. The smallest absolute Gasteiger partial charge is 0.234 e. The predicted octanol–water partition coefficient (Wildman–Crippen LogP) is 2.93. The average molecular weight is 268 g/mol. The summed E-state index contributed by atoms with van der Waals surface area (Å²) in [5.41, 5.74) is 1.23. The molecular weight excluding hydrogens is 244 g/mol. The van der Waals surface area contributed by atoms with E-state index in [0.717, 1.165) is 6.42 Å². The molecule has 102 valence electrons. The van der Waals surface area contributed by atoms with E-state index in [-0.39, 0.29) is 11.9 Å². The summed E-state index contributed by atoms with van der Waals surface area (Å²) in [7, 11) is 0. The molecule has 18 heavy (non-hydrogen) atoms. The Morgan fingerprint density at radius 2 is 2.06 bits per heavy atom. The van der Waals surface area contributed by atoms with Gasteiger partial charge in [-0.05, 0) is 45.7 Å². The second-order valence-electron chi connectivity index (χ2n) is 4.85. The molecule has 1 amide bonds. The zero-order valence-electron chi connectivity index (χ0n) is 12.0. The molecule has 0 bridgehead atoms. The van der Waals surface area contributed by atoms with Crippen molar-refractivity contribution in [1.82, 2.24) is 10.6 Å². The maximum atomic E-state index is 11.8. The molecule has 2 atom stereocenters. The Morgan fingerprint density at radius 1 is 1.39 bits per heavy atom. The summed E-state index contributed by atoms with van der Waals surface area (Å²) in [6, 6.07) is 2.63. The molecule has 1 heterocycles. The van der Waals surface area contributed by atoms with Crippen molar-refractivity contribution >= 4 is 17.2 Å². The molecule has 0 saturated heterocycles. The highest BCUT2D eigenvalue weighted by molar-refractivity contribution is 7.12. The maximum Gasteiger partial charge on any atom is 0.234 e. The highest BCUT2D eigenvalue weighted by Crippen LogP contribution is 2.25. The van der Waals surface area contributed by atoms with E-state index in [1.807, 2.05) is 6.92 Å². The first-order valence-corrected chi connectivity index (χ1v) is 7.35. The van der Waals surface area contributed by atoms with Gasteiger partial charge in [0.05, 0.1) is 12.6 Å². The van der Waals surface area contributed by atoms with Crippen molar-refractivity contribution in [2.45, 2.75) is 53.1 Å². The van der Waals surface area contributed by atoms with Gasteiger partial charge in [-0.25, -0.2) is 0 Å². The van der Waals surface area contributed by atoms with Crippen LogP contribution in [0.2, 0.25) is 0 Å². The Morgan fingerprint density at radius 3 is 2.56 bits per heavy atom. The Bertz CT molecular complexity index is 400. The molecule has 0 radical (unpaired) electrons. The van der Waals surface area contributed by atoms with E-state index in [2.05, 4.69) is 44.4 Å². The molecule has 1 aromatic heterocycles. The summed E-state index contributed by atoms with van der Waals surface area (Å²) in [6.07, 6.45) is 1.03. The van der Waals surface area contributed by atoms with Crippen LogP contribution in [0.25, 0.3) is 0 Å². The minimum absolute atomic E-state index is 0.0612. The summed E-state index contributed by atoms with van der Waals surface area (Å²) < 4.78 is 0. The van der Waals surface area contributed by atoms with Crippen LogP contribution in [-0.4, -0.2) is 18.5 Å². The first kappa shape index (κ1) is 15.2. The monoisotopic (exact) mass is 268 g/mol. The van der Waals surface area contributed by atoms with Crippen LogP contribution in [0.3, 0.4) is 0 Å². The van der Waals surface area contributed by atoms with Gasteiger partial charge in [0, 0.05) is 15.8 Å². The van der Waals surface area contributed by atoms with Crippen molar-refractivity contribution in [3.63, 3.8) is 0 Å². The number of aryl methyl sites for hydroxylation is 2. The third kappa shape index (κ3) is 4.42. The molecule has 1 aromatic rings. The lowest BCUT2D eigenvalue weighted by Gasteiger charge is -2.16. The Hall–Kier alpha value is -0.870. The van der Waals surface area contributed by atoms with Crippen LogP contribution < -0.4 is 10.6 Å². The normalized spacial score (nSPS) is 14.3. The van der Waals surface area contributed by atoms with E-state index in [1.54, 1.807) is 11.3 Å². The van der Waals surface area contributed by atoms with Gasteiger partial charge in [-0.2, -0.15) is 0 Å². The van der Waals surface area contributed by atoms with E-state index in [9.17, 15) is 4.79 Å². The van der Waals surface area contributed by atoms with E-state index in [4.69, 9.17) is 0 Å². The first-order valence-electron chi connectivity index (χ1n) is 6.53. The van der Waals surface area contributed by atoms with Gasteiger partial charge in [-0.15, -0.1) is 11.3 Å². The minimum Gasteiger partial charge on any atom is -0.348 e. The van der Waals surface area contributed by atoms with Gasteiger partial charge in [0.15, 0.2) is 0 Å².